The Balaban J connectivity index is 1.37. The number of nitrogens with zero attached hydrogens (tertiary/aromatic N) is 1. The molecule has 0 saturated carbocycles. The van der Waals surface area contributed by atoms with Crippen molar-refractivity contribution in [3.05, 3.63) is 70.7 Å². The minimum atomic E-state index is -1.47. The molecule has 2 unspecified atom stereocenters. The van der Waals surface area contributed by atoms with E-state index in [1.54, 1.807) is 0 Å². The van der Waals surface area contributed by atoms with Gasteiger partial charge in [-0.15, -0.1) is 11.3 Å². The first-order valence-corrected chi connectivity index (χ1v) is 11.0. The van der Waals surface area contributed by atoms with Gasteiger partial charge in [0.2, 0.25) is 0 Å². The Labute approximate surface area is 193 Å². The van der Waals surface area contributed by atoms with Crippen molar-refractivity contribution in [2.75, 3.05) is 11.9 Å². The highest BCUT2D eigenvalue weighted by molar-refractivity contribution is 7.14. The first-order valence-electron chi connectivity index (χ1n) is 10.1. The van der Waals surface area contributed by atoms with Crippen LogP contribution >= 0.6 is 11.3 Å². The van der Waals surface area contributed by atoms with Crippen LogP contribution in [0.3, 0.4) is 0 Å². The maximum Gasteiger partial charge on any atom is 0.413 e. The van der Waals surface area contributed by atoms with E-state index in [0.29, 0.717) is 0 Å². The van der Waals surface area contributed by atoms with Gasteiger partial charge >= 0.3 is 12.1 Å². The van der Waals surface area contributed by atoms with Crippen LogP contribution in [0.1, 0.15) is 34.5 Å². The molecule has 0 bridgehead atoms. The highest BCUT2D eigenvalue weighted by Crippen LogP contribution is 2.44. The first-order chi connectivity index (χ1) is 15.8. The quantitative estimate of drug-likeness (QED) is 0.419. The standard InChI is InChI=1S/C23H21N3O6S/c1-12(27)19(21(29)30)25-20(28)18-11-33-22(24-18)26-23(31)32-10-17-15-8-4-2-6-13(15)14-7-3-5-9-16(14)17/h2-9,11-12,17,19,27H,10H2,1H3,(H,25,28)(H,29,30)(H,24,26,31). The number of aliphatic hydroxyl groups excluding tert-OH is 1. The van der Waals surface area contributed by atoms with Crippen LogP contribution in [-0.4, -0.2) is 51.9 Å². The largest absolute Gasteiger partial charge is 0.480 e. The van der Waals surface area contributed by atoms with Gasteiger partial charge in [0.05, 0.1) is 6.10 Å². The zero-order valence-corrected chi connectivity index (χ0v) is 18.3. The number of ether oxygens (including phenoxy) is 1. The summed E-state index contributed by atoms with van der Waals surface area (Å²) in [6.07, 6.45) is -2.01. The minimum absolute atomic E-state index is 0.0825. The SMILES string of the molecule is CC(O)C(NC(=O)c1csc(NC(=O)OCC2c3ccccc3-c3ccccc32)n1)C(=O)O. The van der Waals surface area contributed by atoms with Gasteiger partial charge in [-0.3, -0.25) is 10.1 Å². The average molecular weight is 468 g/mol. The van der Waals surface area contributed by atoms with Gasteiger partial charge < -0.3 is 20.3 Å². The molecular formula is C23H21N3O6S. The fourth-order valence-electron chi connectivity index (χ4n) is 3.76. The number of aromatic nitrogens is 1. The van der Waals surface area contributed by atoms with E-state index >= 15 is 0 Å². The molecule has 2 aromatic carbocycles. The fourth-order valence-corrected chi connectivity index (χ4v) is 4.44. The third kappa shape index (κ3) is 4.71. The summed E-state index contributed by atoms with van der Waals surface area (Å²) in [5.41, 5.74) is 4.33. The number of fused-ring (bicyclic) bond motifs is 3. The Hall–Kier alpha value is -3.76. The second-order valence-electron chi connectivity index (χ2n) is 7.52. The number of rotatable bonds is 7. The smallest absolute Gasteiger partial charge is 0.413 e. The van der Waals surface area contributed by atoms with E-state index in [-0.39, 0.29) is 23.4 Å². The number of aliphatic carboxylic acids is 1. The van der Waals surface area contributed by atoms with Crippen LogP contribution in [0.25, 0.3) is 11.1 Å². The average Bonchev–Trinajstić information content (AvgIpc) is 3.38. The molecule has 0 saturated heterocycles. The molecule has 0 aliphatic heterocycles. The van der Waals surface area contributed by atoms with Gasteiger partial charge in [-0.1, -0.05) is 48.5 Å². The van der Waals surface area contributed by atoms with Crippen molar-refractivity contribution < 1.29 is 29.3 Å². The number of anilines is 1. The molecule has 0 fully saturated rings. The monoisotopic (exact) mass is 467 g/mol. The second-order valence-corrected chi connectivity index (χ2v) is 8.38. The third-order valence-corrected chi connectivity index (χ3v) is 6.08. The first kappa shape index (κ1) is 22.4. The van der Waals surface area contributed by atoms with Gasteiger partial charge in [-0.05, 0) is 29.2 Å². The van der Waals surface area contributed by atoms with E-state index < -0.39 is 30.1 Å². The number of carbonyl (C=O) groups excluding carboxylic acids is 2. The van der Waals surface area contributed by atoms with Crippen LogP contribution < -0.4 is 10.6 Å². The van der Waals surface area contributed by atoms with Crippen molar-refractivity contribution >= 4 is 34.4 Å². The van der Waals surface area contributed by atoms with E-state index in [0.717, 1.165) is 33.6 Å². The van der Waals surface area contributed by atoms with Gasteiger partial charge in [0.1, 0.15) is 12.3 Å². The lowest BCUT2D eigenvalue weighted by atomic mass is 9.98. The van der Waals surface area contributed by atoms with Crippen LogP contribution in [0, 0.1) is 0 Å². The third-order valence-electron chi connectivity index (χ3n) is 5.32. The van der Waals surface area contributed by atoms with Gasteiger partial charge in [-0.2, -0.15) is 0 Å². The Bertz CT molecular complexity index is 1160. The summed E-state index contributed by atoms with van der Waals surface area (Å²) in [6.45, 7) is 1.39. The lowest BCUT2D eigenvalue weighted by molar-refractivity contribution is -0.141. The number of thiazole rings is 1. The molecular weight excluding hydrogens is 446 g/mol. The maximum absolute atomic E-state index is 12.4. The molecule has 2 atom stereocenters. The zero-order chi connectivity index (χ0) is 23.5. The number of benzene rings is 2. The maximum atomic E-state index is 12.4. The molecule has 0 spiro atoms. The normalized spacial score (nSPS) is 14.0. The topological polar surface area (TPSA) is 138 Å². The van der Waals surface area contributed by atoms with E-state index in [1.165, 1.54) is 12.3 Å². The van der Waals surface area contributed by atoms with Crippen molar-refractivity contribution in [2.45, 2.75) is 25.0 Å². The molecule has 0 radical (unpaired) electrons. The fraction of sp³-hybridized carbons (Fsp3) is 0.217. The highest BCUT2D eigenvalue weighted by Gasteiger charge is 2.29. The van der Waals surface area contributed by atoms with Crippen LogP contribution in [0.15, 0.2) is 53.9 Å². The Morgan fingerprint density at radius 1 is 1.09 bits per heavy atom. The second kappa shape index (κ2) is 9.39. The number of carboxylic acids is 1. The van der Waals surface area contributed by atoms with Crippen LogP contribution in [0.4, 0.5) is 9.93 Å². The molecule has 3 aromatic rings. The molecule has 1 aliphatic rings. The van der Waals surface area contributed by atoms with Crippen molar-refractivity contribution in [1.82, 2.24) is 10.3 Å². The molecule has 4 N–H and O–H groups in total. The van der Waals surface area contributed by atoms with Gasteiger partial charge in [0, 0.05) is 11.3 Å². The Morgan fingerprint density at radius 3 is 2.27 bits per heavy atom. The van der Waals surface area contributed by atoms with Crippen LogP contribution in [0.5, 0.6) is 0 Å². The summed E-state index contributed by atoms with van der Waals surface area (Å²) >= 11 is 0.992. The molecule has 33 heavy (non-hydrogen) atoms. The zero-order valence-electron chi connectivity index (χ0n) is 17.5. The summed E-state index contributed by atoms with van der Waals surface area (Å²) in [6, 6.07) is 14.5. The van der Waals surface area contributed by atoms with E-state index in [4.69, 9.17) is 9.84 Å². The molecule has 10 heteroatoms. The van der Waals surface area contributed by atoms with Gasteiger partial charge in [0.25, 0.3) is 5.91 Å². The number of carbonyl (C=O) groups is 3. The van der Waals surface area contributed by atoms with Crippen molar-refractivity contribution in [1.29, 1.82) is 0 Å². The van der Waals surface area contributed by atoms with E-state index in [1.807, 2.05) is 48.5 Å². The predicted molar refractivity (Wildman–Crippen MR) is 121 cm³/mol. The summed E-state index contributed by atoms with van der Waals surface area (Å²) < 4.78 is 5.45. The van der Waals surface area contributed by atoms with E-state index in [9.17, 15) is 19.5 Å². The number of hydrogen-bond acceptors (Lipinski definition) is 7. The van der Waals surface area contributed by atoms with Crippen LogP contribution in [-0.2, 0) is 9.53 Å². The summed E-state index contributed by atoms with van der Waals surface area (Å²) in [7, 11) is 0. The number of carboxylic acid groups (broad SMARTS) is 1. The molecule has 1 heterocycles. The predicted octanol–water partition coefficient (Wildman–Crippen LogP) is 3.07. The number of nitrogens with one attached hydrogen (secondary N) is 2. The number of amides is 2. The Morgan fingerprint density at radius 2 is 1.70 bits per heavy atom. The molecule has 170 valence electrons. The molecule has 9 nitrogen and oxygen atoms in total. The number of aliphatic hydroxyl groups is 1. The van der Waals surface area contributed by atoms with E-state index in [2.05, 4.69) is 15.6 Å². The minimum Gasteiger partial charge on any atom is -0.480 e. The van der Waals surface area contributed by atoms with Crippen molar-refractivity contribution in [2.24, 2.45) is 0 Å². The number of hydrogen-bond donors (Lipinski definition) is 4. The van der Waals surface area contributed by atoms with Gasteiger partial charge in [0.15, 0.2) is 11.2 Å². The van der Waals surface area contributed by atoms with Crippen molar-refractivity contribution in [3.63, 3.8) is 0 Å². The summed E-state index contributed by atoms with van der Waals surface area (Å²) in [4.78, 5) is 39.7. The summed E-state index contributed by atoms with van der Waals surface area (Å²) in [5, 5.41) is 24.7. The molecule has 1 aliphatic carbocycles. The lowest BCUT2D eigenvalue weighted by Crippen LogP contribution is -2.47. The summed E-state index contributed by atoms with van der Waals surface area (Å²) in [5.74, 6) is -2.24. The van der Waals surface area contributed by atoms with Crippen molar-refractivity contribution in [3.8, 4) is 11.1 Å². The highest BCUT2D eigenvalue weighted by atomic mass is 32.1. The lowest BCUT2D eigenvalue weighted by Gasteiger charge is -2.16. The van der Waals surface area contributed by atoms with Gasteiger partial charge in [-0.25, -0.2) is 14.6 Å². The Kier molecular flexibility index (Phi) is 6.38. The molecule has 4 rings (SSSR count). The molecule has 1 aromatic heterocycles. The molecule has 2 amide bonds. The van der Waals surface area contributed by atoms with Crippen LogP contribution in [0.2, 0.25) is 0 Å².